The zero-order valence-corrected chi connectivity index (χ0v) is 18.4. The van der Waals surface area contributed by atoms with Crippen LogP contribution in [-0.4, -0.2) is 71.7 Å². The number of halogens is 4. The number of nitrogens with zero attached hydrogens (tertiary/aromatic N) is 4. The zero-order chi connectivity index (χ0) is 24.3. The van der Waals surface area contributed by atoms with E-state index in [0.717, 1.165) is 16.8 Å². The smallest absolute Gasteiger partial charge is 0.384 e. The first-order chi connectivity index (χ1) is 15.5. The van der Waals surface area contributed by atoms with Crippen LogP contribution in [0.25, 0.3) is 0 Å². The van der Waals surface area contributed by atoms with Crippen LogP contribution < -0.4 is 21.9 Å². The van der Waals surface area contributed by atoms with Gasteiger partial charge in [0, 0.05) is 39.5 Å². The highest BCUT2D eigenvalue weighted by Crippen LogP contribution is 2.33. The number of nitrogens with two attached hydrogens (primary N) is 1. The first kappa shape index (κ1) is 24.7. The van der Waals surface area contributed by atoms with Gasteiger partial charge in [0.2, 0.25) is 0 Å². The number of nitrogen functional groups attached to an aromatic ring is 1. The lowest BCUT2D eigenvalue weighted by Crippen LogP contribution is -2.49. The molecular formula is C19H22ClF3N6O4. The van der Waals surface area contributed by atoms with Gasteiger partial charge in [0.15, 0.2) is 5.78 Å². The van der Waals surface area contributed by atoms with Crippen LogP contribution in [0.2, 0.25) is 5.02 Å². The van der Waals surface area contributed by atoms with E-state index >= 15 is 0 Å². The van der Waals surface area contributed by atoms with Crippen molar-refractivity contribution in [2.45, 2.75) is 12.7 Å². The maximum Gasteiger partial charge on any atom is 0.417 e. The number of nitrogens with one attached hydrogen (secondary N) is 1. The van der Waals surface area contributed by atoms with Gasteiger partial charge >= 0.3 is 11.9 Å². The summed E-state index contributed by atoms with van der Waals surface area (Å²) in [5.74, 6) is -0.564. The summed E-state index contributed by atoms with van der Waals surface area (Å²) >= 11 is 6.01. The highest BCUT2D eigenvalue weighted by atomic mass is 35.5. The number of anilines is 2. The number of hydrogen-bond donors (Lipinski definition) is 2. The van der Waals surface area contributed by atoms with Crippen molar-refractivity contribution in [3.63, 3.8) is 0 Å². The number of H-pyrrole nitrogens is 1. The van der Waals surface area contributed by atoms with Gasteiger partial charge in [-0.25, -0.2) is 9.78 Å². The third kappa shape index (κ3) is 5.54. The number of rotatable bonds is 7. The van der Waals surface area contributed by atoms with Crippen LogP contribution in [0.1, 0.15) is 15.9 Å². The monoisotopic (exact) mass is 490 g/mol. The maximum absolute atomic E-state index is 12.8. The SMILES string of the molecule is COCCn1c(N)c(C(=O)CN2CCN(c3ncc(C(F)(F)F)cc3Cl)CC2)c(=O)[nH]c1=O. The molecule has 1 saturated heterocycles. The first-order valence-corrected chi connectivity index (χ1v) is 10.3. The number of ether oxygens (including phenoxy) is 1. The fourth-order valence-corrected chi connectivity index (χ4v) is 3.77. The largest absolute Gasteiger partial charge is 0.417 e. The van der Waals surface area contributed by atoms with Gasteiger partial charge in [0.1, 0.15) is 17.2 Å². The first-order valence-electron chi connectivity index (χ1n) is 9.87. The van der Waals surface area contributed by atoms with Gasteiger partial charge in [-0.3, -0.25) is 24.0 Å². The van der Waals surface area contributed by atoms with Crippen LogP contribution in [0, 0.1) is 0 Å². The molecule has 0 bridgehead atoms. The molecule has 0 unspecified atom stereocenters. The van der Waals surface area contributed by atoms with Crippen molar-refractivity contribution < 1.29 is 22.7 Å². The maximum atomic E-state index is 12.8. The van der Waals surface area contributed by atoms with E-state index < -0.39 is 28.8 Å². The molecule has 0 radical (unpaired) electrons. The number of ketones is 1. The minimum absolute atomic E-state index is 0.0673. The van der Waals surface area contributed by atoms with Crippen molar-refractivity contribution in [3.8, 4) is 0 Å². The second-order valence-corrected chi connectivity index (χ2v) is 7.78. The molecular weight excluding hydrogens is 469 g/mol. The number of Topliss-reactive ketones (excluding diaryl/α,β-unsaturated/α-hetero) is 1. The minimum Gasteiger partial charge on any atom is -0.384 e. The molecule has 1 aliphatic heterocycles. The second kappa shape index (κ2) is 9.93. The normalized spacial score (nSPS) is 15.1. The van der Waals surface area contributed by atoms with Crippen LogP contribution in [0.3, 0.4) is 0 Å². The highest BCUT2D eigenvalue weighted by Gasteiger charge is 2.32. The third-order valence-electron chi connectivity index (χ3n) is 5.23. The lowest BCUT2D eigenvalue weighted by Gasteiger charge is -2.35. The standard InChI is InChI=1S/C19H22ClF3N6O4/c1-33-7-6-29-15(24)14(17(31)26-18(29)32)13(30)10-27-2-4-28(5-3-27)16-12(20)8-11(9-25-16)19(21,22)23/h8-9H,2-7,10,24H2,1H3,(H,26,31,32). The van der Waals surface area contributed by atoms with E-state index in [-0.39, 0.29) is 41.9 Å². The van der Waals surface area contributed by atoms with Crippen molar-refractivity contribution in [2.75, 3.05) is 57.1 Å². The quantitative estimate of drug-likeness (QED) is 0.547. The lowest BCUT2D eigenvalue weighted by atomic mass is 10.1. The van der Waals surface area contributed by atoms with E-state index in [9.17, 15) is 27.6 Å². The third-order valence-corrected chi connectivity index (χ3v) is 5.50. The Morgan fingerprint density at radius 2 is 1.94 bits per heavy atom. The van der Waals surface area contributed by atoms with Crippen LogP contribution >= 0.6 is 11.6 Å². The molecule has 2 aromatic rings. The Morgan fingerprint density at radius 3 is 2.52 bits per heavy atom. The number of carbonyl (C=O) groups is 1. The average molecular weight is 491 g/mol. The summed E-state index contributed by atoms with van der Waals surface area (Å²) in [5, 5.41) is -0.119. The molecule has 180 valence electrons. The van der Waals surface area contributed by atoms with Crippen LogP contribution in [-0.2, 0) is 17.5 Å². The predicted octanol–water partition coefficient (Wildman–Crippen LogP) is 0.837. The number of aromatic nitrogens is 3. The minimum atomic E-state index is -4.54. The predicted molar refractivity (Wildman–Crippen MR) is 115 cm³/mol. The van der Waals surface area contributed by atoms with Crippen molar-refractivity contribution >= 4 is 29.0 Å². The van der Waals surface area contributed by atoms with Crippen molar-refractivity contribution in [1.82, 2.24) is 19.4 Å². The summed E-state index contributed by atoms with van der Waals surface area (Å²) in [6, 6.07) is 0.827. The molecule has 0 aromatic carbocycles. The Morgan fingerprint density at radius 1 is 1.27 bits per heavy atom. The number of hydrogen-bond acceptors (Lipinski definition) is 8. The van der Waals surface area contributed by atoms with Crippen molar-refractivity contribution in [1.29, 1.82) is 0 Å². The number of alkyl halides is 3. The van der Waals surface area contributed by atoms with Gasteiger partial charge in [-0.05, 0) is 6.07 Å². The molecule has 3 rings (SSSR count). The average Bonchev–Trinajstić information content (AvgIpc) is 2.73. The van der Waals surface area contributed by atoms with Crippen LogP contribution in [0.4, 0.5) is 24.8 Å². The topological polar surface area (TPSA) is 127 Å². The molecule has 14 heteroatoms. The van der Waals surface area contributed by atoms with E-state index in [1.807, 2.05) is 0 Å². The molecule has 33 heavy (non-hydrogen) atoms. The van der Waals surface area contributed by atoms with Gasteiger partial charge < -0.3 is 15.4 Å². The van der Waals surface area contributed by atoms with E-state index in [0.29, 0.717) is 26.2 Å². The molecule has 0 saturated carbocycles. The molecule has 10 nitrogen and oxygen atoms in total. The van der Waals surface area contributed by atoms with Gasteiger partial charge in [-0.15, -0.1) is 0 Å². The fourth-order valence-electron chi connectivity index (χ4n) is 3.48. The Labute approximate surface area is 190 Å². The molecule has 0 aliphatic carbocycles. The summed E-state index contributed by atoms with van der Waals surface area (Å²) in [5.41, 5.74) is 3.09. The molecule has 3 heterocycles. The number of methoxy groups -OCH3 is 1. The van der Waals surface area contributed by atoms with Crippen LogP contribution in [0.5, 0.6) is 0 Å². The summed E-state index contributed by atoms with van der Waals surface area (Å²) in [6.45, 7) is 1.54. The Balaban J connectivity index is 1.68. The van der Waals surface area contributed by atoms with Gasteiger partial charge in [-0.2, -0.15) is 13.2 Å². The molecule has 0 spiro atoms. The Hall–Kier alpha value is -2.90. The van der Waals surface area contributed by atoms with Crippen molar-refractivity contribution in [3.05, 3.63) is 49.3 Å². The molecule has 0 amide bonds. The van der Waals surface area contributed by atoms with E-state index in [1.165, 1.54) is 7.11 Å². The zero-order valence-electron chi connectivity index (χ0n) is 17.6. The number of pyridine rings is 1. The Kier molecular flexibility index (Phi) is 7.44. The van der Waals surface area contributed by atoms with Gasteiger partial charge in [0.25, 0.3) is 5.56 Å². The van der Waals surface area contributed by atoms with Gasteiger partial charge in [-0.1, -0.05) is 11.6 Å². The molecule has 1 fully saturated rings. The van der Waals surface area contributed by atoms with E-state index in [2.05, 4.69) is 9.97 Å². The van der Waals surface area contributed by atoms with E-state index in [4.69, 9.17) is 22.1 Å². The number of piperazine rings is 1. The van der Waals surface area contributed by atoms with Gasteiger partial charge in [0.05, 0.1) is 30.3 Å². The molecule has 3 N–H and O–H groups in total. The summed E-state index contributed by atoms with van der Waals surface area (Å²) < 4.78 is 44.4. The fraction of sp³-hybridized carbons (Fsp3) is 0.474. The number of carbonyl (C=O) groups excluding carboxylic acids is 1. The number of aromatic amines is 1. The Bertz CT molecular complexity index is 1140. The molecule has 2 aromatic heterocycles. The summed E-state index contributed by atoms with van der Waals surface area (Å²) in [6.07, 6.45) is -3.81. The van der Waals surface area contributed by atoms with Crippen LogP contribution in [0.15, 0.2) is 21.9 Å². The lowest BCUT2D eigenvalue weighted by molar-refractivity contribution is -0.137. The molecule has 0 atom stereocenters. The molecule has 1 aliphatic rings. The second-order valence-electron chi connectivity index (χ2n) is 7.38. The van der Waals surface area contributed by atoms with Crippen molar-refractivity contribution in [2.24, 2.45) is 0 Å². The summed E-state index contributed by atoms with van der Waals surface area (Å²) in [4.78, 5) is 46.4. The highest BCUT2D eigenvalue weighted by molar-refractivity contribution is 6.33. The van der Waals surface area contributed by atoms with E-state index in [1.54, 1.807) is 9.80 Å². The summed E-state index contributed by atoms with van der Waals surface area (Å²) in [7, 11) is 1.44.